The topological polar surface area (TPSA) is 67.9 Å². The highest BCUT2D eigenvalue weighted by atomic mass is 32.2. The van der Waals surface area contributed by atoms with Gasteiger partial charge in [0, 0.05) is 17.9 Å². The minimum Gasteiger partial charge on any atom is -0.497 e. The summed E-state index contributed by atoms with van der Waals surface area (Å²) in [6.07, 6.45) is 1.83. The van der Waals surface area contributed by atoms with Crippen LogP contribution >= 0.6 is 11.8 Å². The van der Waals surface area contributed by atoms with Crippen molar-refractivity contribution in [2.24, 2.45) is 4.99 Å². The Hall–Kier alpha value is -3.32. The first-order valence-corrected chi connectivity index (χ1v) is 11.4. The van der Waals surface area contributed by atoms with E-state index in [1.165, 1.54) is 17.3 Å². The molecule has 4 rings (SSSR count). The lowest BCUT2D eigenvalue weighted by molar-refractivity contribution is -0.113. The number of ether oxygens (including phenoxy) is 1. The molecule has 0 atom stereocenters. The van der Waals surface area contributed by atoms with Gasteiger partial charge in [-0.25, -0.2) is 4.99 Å². The molecule has 0 aliphatic carbocycles. The quantitative estimate of drug-likeness (QED) is 0.447. The van der Waals surface area contributed by atoms with Crippen molar-refractivity contribution in [3.8, 4) is 5.75 Å². The second-order valence-corrected chi connectivity index (χ2v) is 8.75. The Bertz CT molecular complexity index is 1180. The van der Waals surface area contributed by atoms with E-state index < -0.39 is 0 Å². The van der Waals surface area contributed by atoms with Crippen molar-refractivity contribution >= 4 is 34.6 Å². The van der Waals surface area contributed by atoms with Crippen LogP contribution in [0.25, 0.3) is 6.08 Å². The van der Waals surface area contributed by atoms with E-state index in [-0.39, 0.29) is 5.91 Å². The van der Waals surface area contributed by atoms with Gasteiger partial charge in [-0.1, -0.05) is 61.1 Å². The Morgan fingerprint density at radius 3 is 2.59 bits per heavy atom. The monoisotopic (exact) mass is 447 g/mol. The Balaban J connectivity index is 1.66. The molecule has 1 amide bonds. The van der Waals surface area contributed by atoms with Gasteiger partial charge in [0.05, 0.1) is 18.5 Å². The van der Waals surface area contributed by atoms with Crippen LogP contribution in [-0.4, -0.2) is 23.3 Å². The summed E-state index contributed by atoms with van der Waals surface area (Å²) in [6, 6.07) is 17.5. The van der Waals surface area contributed by atoms with Crippen LogP contribution in [-0.2, 0) is 10.5 Å². The van der Waals surface area contributed by atoms with Crippen LogP contribution in [0.2, 0.25) is 0 Å². The zero-order valence-corrected chi connectivity index (χ0v) is 19.3. The van der Waals surface area contributed by atoms with Gasteiger partial charge in [0.1, 0.15) is 17.2 Å². The third-order valence-corrected chi connectivity index (χ3v) is 6.05. The number of thioether (sulfide) groups is 1. The minimum atomic E-state index is -0.176. The zero-order chi connectivity index (χ0) is 22.7. The van der Waals surface area contributed by atoms with Crippen LogP contribution in [0.5, 0.6) is 5.75 Å². The first-order chi connectivity index (χ1) is 15.4. The average molecular weight is 448 g/mol. The lowest BCUT2D eigenvalue weighted by atomic mass is 10.0. The van der Waals surface area contributed by atoms with Crippen LogP contribution in [0.15, 0.2) is 69.8 Å². The molecule has 0 bridgehead atoms. The third kappa shape index (κ3) is 4.78. The molecule has 164 valence electrons. The molecule has 0 saturated heterocycles. The molecule has 2 aromatic carbocycles. The van der Waals surface area contributed by atoms with Crippen molar-refractivity contribution in [1.29, 1.82) is 0 Å². The van der Waals surface area contributed by atoms with Crippen molar-refractivity contribution in [2.45, 2.75) is 32.4 Å². The van der Waals surface area contributed by atoms with E-state index in [1.807, 2.05) is 55.5 Å². The predicted molar refractivity (Wildman–Crippen MR) is 129 cm³/mol. The normalized spacial score (nSPS) is 15.0. The molecule has 1 aliphatic heterocycles. The predicted octanol–water partition coefficient (Wildman–Crippen LogP) is 5.79. The number of benzene rings is 2. The number of hydrogen-bond acceptors (Lipinski definition) is 6. The standard InChI is InChI=1S/C25H25N3O3S/c1-16(2)19-10-8-18(9-11-19)13-23-24(29)28(21-6-5-7-22(14-21)30-4)25(26-23)32-15-20-12-17(3)31-27-20/h5-14,16H,15H2,1-4H3/b23-13+. The highest BCUT2D eigenvalue weighted by molar-refractivity contribution is 8.13. The average Bonchev–Trinajstić information content (AvgIpc) is 3.35. The van der Waals surface area contributed by atoms with Gasteiger partial charge >= 0.3 is 0 Å². The number of carbonyl (C=O) groups excluding carboxylic acids is 1. The number of carbonyl (C=O) groups is 1. The van der Waals surface area contributed by atoms with E-state index in [1.54, 1.807) is 12.0 Å². The number of aryl methyl sites for hydroxylation is 1. The molecule has 3 aromatic rings. The second-order valence-electron chi connectivity index (χ2n) is 7.80. The van der Waals surface area contributed by atoms with Crippen molar-refractivity contribution < 1.29 is 14.1 Å². The molecule has 0 radical (unpaired) electrons. The molecule has 0 fully saturated rings. The second kappa shape index (κ2) is 9.44. The summed E-state index contributed by atoms with van der Waals surface area (Å²) in [7, 11) is 1.60. The van der Waals surface area contributed by atoms with Crippen molar-refractivity contribution in [2.75, 3.05) is 12.0 Å². The number of amides is 1. The molecule has 32 heavy (non-hydrogen) atoms. The molecule has 0 unspecified atom stereocenters. The zero-order valence-electron chi connectivity index (χ0n) is 18.5. The summed E-state index contributed by atoms with van der Waals surface area (Å²) in [5.74, 6) is 2.24. The smallest absolute Gasteiger partial charge is 0.283 e. The summed E-state index contributed by atoms with van der Waals surface area (Å²) in [4.78, 5) is 19.7. The lowest BCUT2D eigenvalue weighted by Gasteiger charge is -2.18. The van der Waals surface area contributed by atoms with E-state index in [4.69, 9.17) is 9.26 Å². The van der Waals surface area contributed by atoms with Crippen LogP contribution in [0.3, 0.4) is 0 Å². The fourth-order valence-electron chi connectivity index (χ4n) is 3.33. The number of methoxy groups -OCH3 is 1. The Kier molecular flexibility index (Phi) is 6.46. The Morgan fingerprint density at radius 2 is 1.94 bits per heavy atom. The highest BCUT2D eigenvalue weighted by Gasteiger charge is 2.32. The summed E-state index contributed by atoms with van der Waals surface area (Å²) in [5.41, 5.74) is 4.09. The van der Waals surface area contributed by atoms with E-state index >= 15 is 0 Å². The van der Waals surface area contributed by atoms with Crippen LogP contribution in [0.1, 0.15) is 42.3 Å². The molecule has 1 aromatic heterocycles. The maximum absolute atomic E-state index is 13.4. The number of nitrogens with zero attached hydrogens (tertiary/aromatic N) is 3. The SMILES string of the molecule is COc1cccc(N2C(=O)/C(=C\c3ccc(C(C)C)cc3)N=C2SCc2cc(C)on2)c1. The Labute approximate surface area is 192 Å². The van der Waals surface area contributed by atoms with Crippen LogP contribution < -0.4 is 9.64 Å². The van der Waals surface area contributed by atoms with E-state index in [0.29, 0.717) is 34.0 Å². The number of rotatable bonds is 6. The number of anilines is 1. The van der Waals surface area contributed by atoms with Crippen LogP contribution in [0.4, 0.5) is 5.69 Å². The lowest BCUT2D eigenvalue weighted by Crippen LogP contribution is -2.30. The van der Waals surface area contributed by atoms with Crippen molar-refractivity contribution in [3.63, 3.8) is 0 Å². The number of hydrogen-bond donors (Lipinski definition) is 0. The fraction of sp³-hybridized carbons (Fsp3) is 0.240. The minimum absolute atomic E-state index is 0.176. The molecular formula is C25H25N3O3S. The third-order valence-electron chi connectivity index (χ3n) is 5.07. The summed E-state index contributed by atoms with van der Waals surface area (Å²) in [6.45, 7) is 6.17. The van der Waals surface area contributed by atoms with Crippen LogP contribution in [0, 0.1) is 6.92 Å². The highest BCUT2D eigenvalue weighted by Crippen LogP contribution is 2.32. The first kappa shape index (κ1) is 21.9. The van der Waals surface area contributed by atoms with Gasteiger partial charge in [-0.05, 0) is 42.2 Å². The van der Waals surface area contributed by atoms with Gasteiger partial charge in [0.25, 0.3) is 5.91 Å². The molecule has 0 spiro atoms. The van der Waals surface area contributed by atoms with Gasteiger partial charge < -0.3 is 9.26 Å². The Morgan fingerprint density at radius 1 is 1.16 bits per heavy atom. The fourth-order valence-corrected chi connectivity index (χ4v) is 4.22. The maximum Gasteiger partial charge on any atom is 0.283 e. The molecule has 0 N–H and O–H groups in total. The van der Waals surface area contributed by atoms with Gasteiger partial charge in [0.2, 0.25) is 0 Å². The summed E-state index contributed by atoms with van der Waals surface area (Å²) in [5, 5.41) is 4.63. The molecular weight excluding hydrogens is 422 g/mol. The van der Waals surface area contributed by atoms with Crippen molar-refractivity contribution in [1.82, 2.24) is 5.16 Å². The number of aromatic nitrogens is 1. The number of aliphatic imine (C=N–C) groups is 1. The van der Waals surface area contributed by atoms with E-state index in [0.717, 1.165) is 17.0 Å². The maximum atomic E-state index is 13.4. The van der Waals surface area contributed by atoms with E-state index in [9.17, 15) is 4.79 Å². The molecule has 0 saturated carbocycles. The molecule has 2 heterocycles. The molecule has 1 aliphatic rings. The summed E-state index contributed by atoms with van der Waals surface area (Å²) >= 11 is 1.44. The van der Waals surface area contributed by atoms with Crippen molar-refractivity contribution in [3.05, 3.63) is 82.9 Å². The van der Waals surface area contributed by atoms with Gasteiger partial charge in [-0.2, -0.15) is 0 Å². The summed E-state index contributed by atoms with van der Waals surface area (Å²) < 4.78 is 10.5. The van der Waals surface area contributed by atoms with Gasteiger partial charge in [-0.15, -0.1) is 0 Å². The number of amidine groups is 1. The van der Waals surface area contributed by atoms with E-state index in [2.05, 4.69) is 36.1 Å². The molecule has 7 heteroatoms. The van der Waals surface area contributed by atoms with Gasteiger partial charge in [-0.3, -0.25) is 9.69 Å². The molecule has 6 nitrogen and oxygen atoms in total. The van der Waals surface area contributed by atoms with Gasteiger partial charge in [0.15, 0.2) is 5.17 Å². The largest absolute Gasteiger partial charge is 0.497 e. The first-order valence-electron chi connectivity index (χ1n) is 10.4.